The number of alkyl halides is 2. The Labute approximate surface area is 191 Å². The lowest BCUT2D eigenvalue weighted by atomic mass is 10.0. The fourth-order valence-electron chi connectivity index (χ4n) is 3.21. The minimum atomic E-state index is -2.98. The highest BCUT2D eigenvalue weighted by Gasteiger charge is 2.16. The summed E-state index contributed by atoms with van der Waals surface area (Å²) in [5.74, 6) is 1.16. The molecule has 1 N–H and O–H groups in total. The standard InChI is InChI=1S/C25H27F2NO5/c1-5-30-23-13-17(7-10-20(23)33-25(26)27)28-24(29)21-11-8-18(32-21)14-31-22-12-16(4)6-9-19(22)15(2)3/h6-13,15,25H,5,14H2,1-4H3,(H,28,29). The Bertz CT molecular complexity index is 1090. The number of hydrogen-bond acceptors (Lipinski definition) is 5. The first-order valence-corrected chi connectivity index (χ1v) is 10.6. The topological polar surface area (TPSA) is 69.9 Å². The van der Waals surface area contributed by atoms with E-state index in [4.69, 9.17) is 13.9 Å². The maximum Gasteiger partial charge on any atom is 0.387 e. The van der Waals surface area contributed by atoms with Gasteiger partial charge in [-0.1, -0.05) is 26.0 Å². The van der Waals surface area contributed by atoms with E-state index < -0.39 is 12.5 Å². The van der Waals surface area contributed by atoms with Gasteiger partial charge in [-0.3, -0.25) is 4.79 Å². The van der Waals surface area contributed by atoms with Gasteiger partial charge in [-0.2, -0.15) is 8.78 Å². The van der Waals surface area contributed by atoms with Crippen molar-refractivity contribution in [1.29, 1.82) is 0 Å². The van der Waals surface area contributed by atoms with Gasteiger partial charge in [0.15, 0.2) is 17.3 Å². The van der Waals surface area contributed by atoms with E-state index in [2.05, 4.69) is 23.9 Å². The van der Waals surface area contributed by atoms with Gasteiger partial charge < -0.3 is 23.9 Å². The van der Waals surface area contributed by atoms with Crippen LogP contribution in [-0.4, -0.2) is 19.1 Å². The Morgan fingerprint density at radius 3 is 2.48 bits per heavy atom. The molecule has 3 aromatic rings. The largest absolute Gasteiger partial charge is 0.490 e. The zero-order valence-corrected chi connectivity index (χ0v) is 19.0. The highest BCUT2D eigenvalue weighted by Crippen LogP contribution is 2.32. The van der Waals surface area contributed by atoms with Crippen LogP contribution in [0.1, 0.15) is 54.1 Å². The summed E-state index contributed by atoms with van der Waals surface area (Å²) in [6.07, 6.45) is 0. The van der Waals surface area contributed by atoms with Crippen LogP contribution >= 0.6 is 0 Å². The Morgan fingerprint density at radius 2 is 1.79 bits per heavy atom. The normalized spacial score (nSPS) is 11.0. The Balaban J connectivity index is 1.67. The maximum absolute atomic E-state index is 12.6. The Kier molecular flexibility index (Phi) is 7.92. The van der Waals surface area contributed by atoms with Crippen LogP contribution in [0.4, 0.5) is 14.5 Å². The second-order valence-corrected chi connectivity index (χ2v) is 7.68. The number of furan rings is 1. The summed E-state index contributed by atoms with van der Waals surface area (Å²) in [6, 6.07) is 13.4. The molecule has 0 radical (unpaired) electrons. The fourth-order valence-corrected chi connectivity index (χ4v) is 3.21. The Morgan fingerprint density at radius 1 is 1.00 bits per heavy atom. The summed E-state index contributed by atoms with van der Waals surface area (Å²) < 4.78 is 46.5. The third-order valence-corrected chi connectivity index (χ3v) is 4.76. The molecule has 0 aliphatic carbocycles. The molecule has 33 heavy (non-hydrogen) atoms. The first-order chi connectivity index (χ1) is 15.8. The van der Waals surface area contributed by atoms with Gasteiger partial charge >= 0.3 is 6.61 Å². The van der Waals surface area contributed by atoms with E-state index in [-0.39, 0.29) is 30.5 Å². The third-order valence-electron chi connectivity index (χ3n) is 4.76. The zero-order chi connectivity index (χ0) is 24.0. The number of amides is 1. The second kappa shape index (κ2) is 10.8. The summed E-state index contributed by atoms with van der Waals surface area (Å²) >= 11 is 0. The van der Waals surface area contributed by atoms with Crippen molar-refractivity contribution in [2.45, 2.75) is 46.8 Å². The monoisotopic (exact) mass is 459 g/mol. The number of rotatable bonds is 10. The highest BCUT2D eigenvalue weighted by molar-refractivity contribution is 6.02. The molecule has 1 amide bonds. The molecule has 6 nitrogen and oxygen atoms in total. The lowest BCUT2D eigenvalue weighted by molar-refractivity contribution is -0.0514. The van der Waals surface area contributed by atoms with Crippen molar-refractivity contribution in [2.75, 3.05) is 11.9 Å². The molecule has 176 valence electrons. The van der Waals surface area contributed by atoms with Crippen molar-refractivity contribution in [3.63, 3.8) is 0 Å². The van der Waals surface area contributed by atoms with Crippen LogP contribution < -0.4 is 19.5 Å². The van der Waals surface area contributed by atoms with Gasteiger partial charge in [-0.25, -0.2) is 0 Å². The number of nitrogens with one attached hydrogen (secondary N) is 1. The molecule has 0 atom stereocenters. The minimum Gasteiger partial charge on any atom is -0.490 e. The number of carbonyl (C=O) groups excluding carboxylic acids is 1. The molecular weight excluding hydrogens is 432 g/mol. The van der Waals surface area contributed by atoms with Crippen LogP contribution in [-0.2, 0) is 6.61 Å². The average molecular weight is 459 g/mol. The second-order valence-electron chi connectivity index (χ2n) is 7.68. The number of aryl methyl sites for hydroxylation is 1. The summed E-state index contributed by atoms with van der Waals surface area (Å²) in [5, 5.41) is 2.66. The molecule has 8 heteroatoms. The molecule has 1 aromatic heterocycles. The molecule has 0 saturated carbocycles. The van der Waals surface area contributed by atoms with E-state index in [0.717, 1.165) is 16.9 Å². The number of halogens is 2. The molecule has 1 heterocycles. The number of anilines is 1. The molecule has 0 aliphatic rings. The first-order valence-electron chi connectivity index (χ1n) is 10.6. The van der Waals surface area contributed by atoms with E-state index in [1.807, 2.05) is 25.1 Å². The average Bonchev–Trinajstić information content (AvgIpc) is 3.23. The quantitative estimate of drug-likeness (QED) is 0.373. The predicted octanol–water partition coefficient (Wildman–Crippen LogP) is 6.54. The number of ether oxygens (including phenoxy) is 3. The third kappa shape index (κ3) is 6.47. The lowest BCUT2D eigenvalue weighted by Gasteiger charge is -2.14. The number of hydrogen-bond donors (Lipinski definition) is 1. The van der Waals surface area contributed by atoms with Gasteiger partial charge in [0.2, 0.25) is 0 Å². The first kappa shape index (κ1) is 24.1. The summed E-state index contributed by atoms with van der Waals surface area (Å²) in [6.45, 7) is 5.33. The predicted molar refractivity (Wildman–Crippen MR) is 121 cm³/mol. The zero-order valence-electron chi connectivity index (χ0n) is 19.0. The molecular formula is C25H27F2NO5. The van der Waals surface area contributed by atoms with Gasteiger partial charge in [0.25, 0.3) is 5.91 Å². The molecule has 0 spiro atoms. The van der Waals surface area contributed by atoms with Crippen molar-refractivity contribution in [3.8, 4) is 17.2 Å². The lowest BCUT2D eigenvalue weighted by Crippen LogP contribution is -2.11. The van der Waals surface area contributed by atoms with E-state index in [1.165, 1.54) is 18.2 Å². The number of carbonyl (C=O) groups is 1. The fraction of sp³-hybridized carbons (Fsp3) is 0.320. The van der Waals surface area contributed by atoms with E-state index in [0.29, 0.717) is 17.4 Å². The van der Waals surface area contributed by atoms with Gasteiger partial charge in [0.05, 0.1) is 6.61 Å². The van der Waals surface area contributed by atoms with Crippen molar-refractivity contribution in [3.05, 3.63) is 71.2 Å². The Hall–Kier alpha value is -3.55. The smallest absolute Gasteiger partial charge is 0.387 e. The van der Waals surface area contributed by atoms with Crippen molar-refractivity contribution < 1.29 is 32.2 Å². The van der Waals surface area contributed by atoms with E-state index in [1.54, 1.807) is 19.1 Å². The molecule has 0 saturated heterocycles. The van der Waals surface area contributed by atoms with Crippen LogP contribution in [0, 0.1) is 6.92 Å². The summed E-state index contributed by atoms with van der Waals surface area (Å²) in [4.78, 5) is 12.6. The highest BCUT2D eigenvalue weighted by atomic mass is 19.3. The number of benzene rings is 2. The SMILES string of the molecule is CCOc1cc(NC(=O)c2ccc(COc3cc(C)ccc3C(C)C)o2)ccc1OC(F)F. The molecule has 3 rings (SSSR count). The van der Waals surface area contributed by atoms with Gasteiger partial charge in [0, 0.05) is 11.8 Å². The van der Waals surface area contributed by atoms with Crippen LogP contribution in [0.3, 0.4) is 0 Å². The summed E-state index contributed by atoms with van der Waals surface area (Å²) in [5.41, 5.74) is 2.53. The maximum atomic E-state index is 12.6. The van der Waals surface area contributed by atoms with Crippen molar-refractivity contribution in [2.24, 2.45) is 0 Å². The van der Waals surface area contributed by atoms with Crippen LogP contribution in [0.5, 0.6) is 17.2 Å². The van der Waals surface area contributed by atoms with Gasteiger partial charge in [-0.15, -0.1) is 0 Å². The van der Waals surface area contributed by atoms with E-state index >= 15 is 0 Å². The molecule has 0 fully saturated rings. The molecule has 0 aliphatic heterocycles. The van der Waals surface area contributed by atoms with E-state index in [9.17, 15) is 13.6 Å². The van der Waals surface area contributed by atoms with Crippen LogP contribution in [0.15, 0.2) is 52.9 Å². The van der Waals surface area contributed by atoms with Gasteiger partial charge in [-0.05, 0) is 61.2 Å². The minimum absolute atomic E-state index is 0.0905. The molecule has 0 bridgehead atoms. The summed E-state index contributed by atoms with van der Waals surface area (Å²) in [7, 11) is 0. The molecule has 2 aromatic carbocycles. The van der Waals surface area contributed by atoms with Gasteiger partial charge in [0.1, 0.15) is 18.1 Å². The van der Waals surface area contributed by atoms with Crippen LogP contribution in [0.25, 0.3) is 0 Å². The van der Waals surface area contributed by atoms with Crippen molar-refractivity contribution in [1.82, 2.24) is 0 Å². The van der Waals surface area contributed by atoms with Crippen LogP contribution in [0.2, 0.25) is 0 Å². The molecule has 0 unspecified atom stereocenters. The van der Waals surface area contributed by atoms with Crippen molar-refractivity contribution >= 4 is 11.6 Å².